The van der Waals surface area contributed by atoms with Gasteiger partial charge in [-0.25, -0.2) is 0 Å². The van der Waals surface area contributed by atoms with Gasteiger partial charge in [0.25, 0.3) is 0 Å². The standard InChI is InChI=1S/C21H26N2O3S/c22-17-9-5-6-10-18(17)23-21(26)12-4-2-1-3-8-16(24)13-14-19(25)20-11-7-15-27-20/h5-7,9-11,15H,1-4,8,12-14,22H2,(H,23,26). The molecule has 0 fully saturated rings. The number of Topliss-reactive ketones (excluding diaryl/α,β-unsaturated/α-hetero) is 2. The second kappa shape index (κ2) is 11.3. The van der Waals surface area contributed by atoms with Gasteiger partial charge in [-0.2, -0.15) is 0 Å². The summed E-state index contributed by atoms with van der Waals surface area (Å²) >= 11 is 1.41. The molecule has 0 aliphatic carbocycles. The van der Waals surface area contributed by atoms with Crippen molar-refractivity contribution in [1.29, 1.82) is 0 Å². The van der Waals surface area contributed by atoms with Crippen LogP contribution in [0, 0.1) is 0 Å². The van der Waals surface area contributed by atoms with Gasteiger partial charge in [-0.05, 0) is 36.4 Å². The van der Waals surface area contributed by atoms with Crippen LogP contribution in [0.3, 0.4) is 0 Å². The van der Waals surface area contributed by atoms with E-state index in [0.29, 0.717) is 37.1 Å². The minimum absolute atomic E-state index is 0.0448. The fourth-order valence-electron chi connectivity index (χ4n) is 2.72. The summed E-state index contributed by atoms with van der Waals surface area (Å²) in [6.45, 7) is 0. The zero-order valence-electron chi connectivity index (χ0n) is 15.4. The Hall–Kier alpha value is -2.47. The van der Waals surface area contributed by atoms with E-state index in [1.807, 2.05) is 23.6 Å². The van der Waals surface area contributed by atoms with E-state index in [9.17, 15) is 14.4 Å². The molecule has 1 amide bonds. The van der Waals surface area contributed by atoms with Crippen LogP contribution in [0.4, 0.5) is 11.4 Å². The van der Waals surface area contributed by atoms with E-state index in [1.165, 1.54) is 11.3 Å². The molecule has 0 saturated carbocycles. The largest absolute Gasteiger partial charge is 0.397 e. The van der Waals surface area contributed by atoms with Gasteiger partial charge in [0, 0.05) is 25.7 Å². The Morgan fingerprint density at radius 3 is 2.30 bits per heavy atom. The molecule has 1 aromatic carbocycles. The number of nitrogens with two attached hydrogens (primary N) is 1. The highest BCUT2D eigenvalue weighted by Gasteiger charge is 2.10. The summed E-state index contributed by atoms with van der Waals surface area (Å²) in [7, 11) is 0. The third kappa shape index (κ3) is 7.74. The first-order valence-corrected chi connectivity index (χ1v) is 10.2. The molecule has 0 spiro atoms. The lowest BCUT2D eigenvalue weighted by atomic mass is 10.0. The van der Waals surface area contributed by atoms with E-state index in [1.54, 1.807) is 18.2 Å². The van der Waals surface area contributed by atoms with E-state index in [2.05, 4.69) is 5.32 Å². The number of carbonyl (C=O) groups excluding carboxylic acids is 3. The second-order valence-electron chi connectivity index (χ2n) is 6.49. The van der Waals surface area contributed by atoms with Crippen molar-refractivity contribution in [2.75, 3.05) is 11.1 Å². The molecule has 3 N–H and O–H groups in total. The maximum absolute atomic E-state index is 11.9. The molecule has 2 aromatic rings. The summed E-state index contributed by atoms with van der Waals surface area (Å²) in [6, 6.07) is 10.8. The van der Waals surface area contributed by atoms with Crippen molar-refractivity contribution in [2.24, 2.45) is 0 Å². The SMILES string of the molecule is Nc1ccccc1NC(=O)CCCCCCC(=O)CCC(=O)c1cccs1. The number of thiophene rings is 1. The maximum Gasteiger partial charge on any atom is 0.224 e. The van der Waals surface area contributed by atoms with Crippen LogP contribution in [0.1, 0.15) is 61.0 Å². The lowest BCUT2D eigenvalue weighted by Crippen LogP contribution is -2.12. The predicted octanol–water partition coefficient (Wildman–Crippen LogP) is 4.84. The Balaban J connectivity index is 1.50. The molecule has 0 atom stereocenters. The lowest BCUT2D eigenvalue weighted by molar-refractivity contribution is -0.119. The molecule has 1 aromatic heterocycles. The van der Waals surface area contributed by atoms with Crippen molar-refractivity contribution in [2.45, 2.75) is 51.4 Å². The Morgan fingerprint density at radius 2 is 1.59 bits per heavy atom. The number of rotatable bonds is 12. The molecular formula is C21H26N2O3S. The number of para-hydroxylation sites is 2. The van der Waals surface area contributed by atoms with Gasteiger partial charge in [-0.15, -0.1) is 11.3 Å². The van der Waals surface area contributed by atoms with Crippen LogP contribution < -0.4 is 11.1 Å². The number of hydrogen-bond acceptors (Lipinski definition) is 5. The number of nitrogens with one attached hydrogen (secondary N) is 1. The van der Waals surface area contributed by atoms with Crippen LogP contribution in [0.25, 0.3) is 0 Å². The Labute approximate surface area is 164 Å². The number of anilines is 2. The number of amides is 1. The molecule has 0 bridgehead atoms. The first kappa shape index (κ1) is 20.8. The topological polar surface area (TPSA) is 89.3 Å². The van der Waals surface area contributed by atoms with E-state index in [0.717, 1.165) is 30.6 Å². The minimum Gasteiger partial charge on any atom is -0.397 e. The van der Waals surface area contributed by atoms with Crippen LogP contribution >= 0.6 is 11.3 Å². The van der Waals surface area contributed by atoms with Crippen LogP contribution in [0.2, 0.25) is 0 Å². The minimum atomic E-state index is -0.0453. The van der Waals surface area contributed by atoms with Gasteiger partial charge in [-0.1, -0.05) is 31.0 Å². The molecule has 0 aliphatic rings. The smallest absolute Gasteiger partial charge is 0.224 e. The summed E-state index contributed by atoms with van der Waals surface area (Å²) in [4.78, 5) is 36.3. The maximum atomic E-state index is 11.9. The fourth-order valence-corrected chi connectivity index (χ4v) is 3.42. The highest BCUT2D eigenvalue weighted by Crippen LogP contribution is 2.17. The lowest BCUT2D eigenvalue weighted by Gasteiger charge is -2.07. The summed E-state index contributed by atoms with van der Waals surface area (Å²) < 4.78 is 0. The van der Waals surface area contributed by atoms with Gasteiger partial charge >= 0.3 is 0 Å². The molecule has 144 valence electrons. The van der Waals surface area contributed by atoms with E-state index < -0.39 is 0 Å². The summed E-state index contributed by atoms with van der Waals surface area (Å²) in [5.41, 5.74) is 7.00. The van der Waals surface area contributed by atoms with Crippen molar-refractivity contribution < 1.29 is 14.4 Å². The van der Waals surface area contributed by atoms with Crippen LogP contribution in [0.5, 0.6) is 0 Å². The molecular weight excluding hydrogens is 360 g/mol. The molecule has 0 aliphatic heterocycles. The van der Waals surface area contributed by atoms with Crippen molar-refractivity contribution in [3.63, 3.8) is 0 Å². The fraction of sp³-hybridized carbons (Fsp3) is 0.381. The van der Waals surface area contributed by atoms with Gasteiger partial charge in [-0.3, -0.25) is 14.4 Å². The number of nitrogen functional groups attached to an aromatic ring is 1. The number of hydrogen-bond donors (Lipinski definition) is 2. The average molecular weight is 387 g/mol. The quantitative estimate of drug-likeness (QED) is 0.310. The monoisotopic (exact) mass is 386 g/mol. The molecule has 0 saturated heterocycles. The predicted molar refractivity (Wildman–Crippen MR) is 110 cm³/mol. The summed E-state index contributed by atoms with van der Waals surface area (Å²) in [5.74, 6) is 0.136. The van der Waals surface area contributed by atoms with E-state index in [-0.39, 0.29) is 17.5 Å². The highest BCUT2D eigenvalue weighted by molar-refractivity contribution is 7.12. The summed E-state index contributed by atoms with van der Waals surface area (Å²) in [5, 5.41) is 4.67. The van der Waals surface area contributed by atoms with Gasteiger partial charge in [0.1, 0.15) is 5.78 Å². The first-order chi connectivity index (χ1) is 13.1. The molecule has 1 heterocycles. The third-order valence-corrected chi connectivity index (χ3v) is 5.18. The van der Waals surface area contributed by atoms with Crippen molar-refractivity contribution in [3.8, 4) is 0 Å². The van der Waals surface area contributed by atoms with Gasteiger partial charge in [0.2, 0.25) is 5.91 Å². The number of benzene rings is 1. The van der Waals surface area contributed by atoms with Gasteiger partial charge in [0.15, 0.2) is 5.78 Å². The zero-order chi connectivity index (χ0) is 19.5. The molecule has 6 heteroatoms. The van der Waals surface area contributed by atoms with Crippen molar-refractivity contribution in [1.82, 2.24) is 0 Å². The van der Waals surface area contributed by atoms with Crippen LogP contribution in [0.15, 0.2) is 41.8 Å². The molecule has 0 unspecified atom stereocenters. The molecule has 0 radical (unpaired) electrons. The zero-order valence-corrected chi connectivity index (χ0v) is 16.2. The van der Waals surface area contributed by atoms with Crippen LogP contribution in [-0.2, 0) is 9.59 Å². The highest BCUT2D eigenvalue weighted by atomic mass is 32.1. The van der Waals surface area contributed by atoms with E-state index >= 15 is 0 Å². The molecule has 5 nitrogen and oxygen atoms in total. The number of unbranched alkanes of at least 4 members (excludes halogenated alkanes) is 3. The second-order valence-corrected chi connectivity index (χ2v) is 7.44. The van der Waals surface area contributed by atoms with Crippen molar-refractivity contribution in [3.05, 3.63) is 46.7 Å². The van der Waals surface area contributed by atoms with Crippen LogP contribution in [-0.4, -0.2) is 17.5 Å². The number of ketones is 2. The van der Waals surface area contributed by atoms with E-state index in [4.69, 9.17) is 5.73 Å². The third-order valence-electron chi connectivity index (χ3n) is 4.27. The first-order valence-electron chi connectivity index (χ1n) is 9.29. The van der Waals surface area contributed by atoms with Gasteiger partial charge in [0.05, 0.1) is 16.3 Å². The Kier molecular flexibility index (Phi) is 8.71. The normalized spacial score (nSPS) is 10.5. The number of carbonyl (C=O) groups is 3. The van der Waals surface area contributed by atoms with Gasteiger partial charge < -0.3 is 11.1 Å². The molecule has 2 rings (SSSR count). The van der Waals surface area contributed by atoms with Crippen molar-refractivity contribution >= 4 is 40.2 Å². The Morgan fingerprint density at radius 1 is 0.852 bits per heavy atom. The Bertz CT molecular complexity index is 757. The average Bonchev–Trinajstić information content (AvgIpc) is 3.19. The summed E-state index contributed by atoms with van der Waals surface area (Å²) in [6.07, 6.45) is 4.95. The molecule has 27 heavy (non-hydrogen) atoms.